The summed E-state index contributed by atoms with van der Waals surface area (Å²) in [6.07, 6.45) is 3.15. The van der Waals surface area contributed by atoms with Crippen molar-refractivity contribution in [1.82, 2.24) is 9.88 Å². The van der Waals surface area contributed by atoms with Gasteiger partial charge in [0.2, 0.25) is 5.91 Å². The molecule has 6 nitrogen and oxygen atoms in total. The lowest BCUT2D eigenvalue weighted by Gasteiger charge is -2.31. The Hall–Kier alpha value is -1.63. The lowest BCUT2D eigenvalue weighted by atomic mass is 9.83. The fourth-order valence-corrected chi connectivity index (χ4v) is 3.61. The first-order chi connectivity index (χ1) is 9.51. The van der Waals surface area contributed by atoms with Crippen LogP contribution >= 0.6 is 11.3 Å². The first kappa shape index (κ1) is 14.8. The Kier molecular flexibility index (Phi) is 4.27. The summed E-state index contributed by atoms with van der Waals surface area (Å²) in [6.45, 7) is 2.44. The van der Waals surface area contributed by atoms with E-state index in [9.17, 15) is 4.79 Å². The lowest BCUT2D eigenvalue weighted by Crippen LogP contribution is -2.48. The number of amides is 1. The fraction of sp³-hybridized carbons (Fsp3) is 0.615. The average molecular weight is 296 g/mol. The molecule has 1 amide bonds. The van der Waals surface area contributed by atoms with Crippen molar-refractivity contribution in [3.63, 3.8) is 0 Å². The SMILES string of the molecule is Cc1ncsc1CN(C)C(=O)C1(C(N)=NO)CCCC1. The summed E-state index contributed by atoms with van der Waals surface area (Å²) in [4.78, 5) is 19.7. The molecule has 1 fully saturated rings. The Balaban J connectivity index is 2.18. The number of carbonyl (C=O) groups excluding carboxylic acids is 1. The molecule has 0 aromatic carbocycles. The quantitative estimate of drug-likeness (QED) is 0.383. The molecule has 0 bridgehead atoms. The molecule has 0 unspecified atom stereocenters. The maximum atomic E-state index is 12.7. The number of carbonyl (C=O) groups is 1. The smallest absolute Gasteiger partial charge is 0.236 e. The number of aromatic nitrogens is 1. The van der Waals surface area contributed by atoms with Crippen molar-refractivity contribution in [3.8, 4) is 0 Å². The molecule has 0 saturated heterocycles. The fourth-order valence-electron chi connectivity index (χ4n) is 2.78. The Bertz CT molecular complexity index is 520. The van der Waals surface area contributed by atoms with Gasteiger partial charge in [-0.05, 0) is 19.8 Å². The molecule has 0 spiro atoms. The highest BCUT2D eigenvalue weighted by molar-refractivity contribution is 7.09. The van der Waals surface area contributed by atoms with E-state index in [-0.39, 0.29) is 11.7 Å². The highest BCUT2D eigenvalue weighted by atomic mass is 32.1. The van der Waals surface area contributed by atoms with Gasteiger partial charge in [0, 0.05) is 11.9 Å². The topological polar surface area (TPSA) is 91.8 Å². The number of oxime groups is 1. The Morgan fingerprint density at radius 3 is 2.75 bits per heavy atom. The van der Waals surface area contributed by atoms with Crippen LogP contribution in [0.15, 0.2) is 10.7 Å². The zero-order valence-corrected chi connectivity index (χ0v) is 12.6. The van der Waals surface area contributed by atoms with E-state index < -0.39 is 5.41 Å². The molecule has 1 saturated carbocycles. The van der Waals surface area contributed by atoms with Crippen LogP contribution in [-0.4, -0.2) is 33.9 Å². The molecular weight excluding hydrogens is 276 g/mol. The molecule has 0 aliphatic heterocycles. The summed E-state index contributed by atoms with van der Waals surface area (Å²) < 4.78 is 0. The van der Waals surface area contributed by atoms with Crippen LogP contribution in [0.1, 0.15) is 36.3 Å². The van der Waals surface area contributed by atoms with Gasteiger partial charge in [0.05, 0.1) is 17.7 Å². The van der Waals surface area contributed by atoms with E-state index in [4.69, 9.17) is 10.9 Å². The van der Waals surface area contributed by atoms with Gasteiger partial charge in [-0.15, -0.1) is 11.3 Å². The third-order valence-corrected chi connectivity index (χ3v) is 4.96. The van der Waals surface area contributed by atoms with Gasteiger partial charge < -0.3 is 15.8 Å². The van der Waals surface area contributed by atoms with Gasteiger partial charge in [-0.1, -0.05) is 18.0 Å². The zero-order valence-electron chi connectivity index (χ0n) is 11.8. The third-order valence-electron chi connectivity index (χ3n) is 4.04. The van der Waals surface area contributed by atoms with Crippen molar-refractivity contribution in [1.29, 1.82) is 0 Å². The van der Waals surface area contributed by atoms with Crippen LogP contribution in [0.3, 0.4) is 0 Å². The minimum Gasteiger partial charge on any atom is -0.409 e. The molecule has 2 rings (SSSR count). The molecule has 1 aromatic rings. The maximum Gasteiger partial charge on any atom is 0.236 e. The number of rotatable bonds is 4. The average Bonchev–Trinajstić information content (AvgIpc) is 3.08. The van der Waals surface area contributed by atoms with E-state index in [1.807, 2.05) is 6.92 Å². The summed E-state index contributed by atoms with van der Waals surface area (Å²) in [5, 5.41) is 12.1. The predicted molar refractivity (Wildman–Crippen MR) is 77.6 cm³/mol. The van der Waals surface area contributed by atoms with E-state index in [1.54, 1.807) is 17.5 Å². The van der Waals surface area contributed by atoms with Crippen LogP contribution in [-0.2, 0) is 11.3 Å². The number of hydrogen-bond donors (Lipinski definition) is 2. The molecule has 110 valence electrons. The van der Waals surface area contributed by atoms with E-state index in [2.05, 4.69) is 10.1 Å². The van der Waals surface area contributed by atoms with Gasteiger partial charge >= 0.3 is 0 Å². The van der Waals surface area contributed by atoms with Crippen molar-refractivity contribution in [3.05, 3.63) is 16.1 Å². The molecule has 1 aromatic heterocycles. The molecule has 0 atom stereocenters. The Morgan fingerprint density at radius 2 is 2.25 bits per heavy atom. The second kappa shape index (κ2) is 5.78. The third kappa shape index (κ3) is 2.49. The summed E-state index contributed by atoms with van der Waals surface area (Å²) in [6, 6.07) is 0. The van der Waals surface area contributed by atoms with Crippen LogP contribution in [0.4, 0.5) is 0 Å². The lowest BCUT2D eigenvalue weighted by molar-refractivity contribution is -0.137. The van der Waals surface area contributed by atoms with Gasteiger partial charge in [0.1, 0.15) is 5.41 Å². The molecule has 7 heteroatoms. The van der Waals surface area contributed by atoms with Crippen molar-refractivity contribution < 1.29 is 10.0 Å². The van der Waals surface area contributed by atoms with Crippen LogP contribution in [0.25, 0.3) is 0 Å². The van der Waals surface area contributed by atoms with Crippen molar-refractivity contribution >= 4 is 23.1 Å². The van der Waals surface area contributed by atoms with Crippen LogP contribution in [0.5, 0.6) is 0 Å². The predicted octanol–water partition coefficient (Wildman–Crippen LogP) is 1.72. The van der Waals surface area contributed by atoms with Crippen LogP contribution < -0.4 is 5.73 Å². The van der Waals surface area contributed by atoms with Crippen LogP contribution in [0, 0.1) is 12.3 Å². The van der Waals surface area contributed by atoms with E-state index in [0.717, 1.165) is 23.4 Å². The van der Waals surface area contributed by atoms with Gasteiger partial charge in [-0.3, -0.25) is 4.79 Å². The second-order valence-electron chi connectivity index (χ2n) is 5.30. The van der Waals surface area contributed by atoms with Gasteiger partial charge in [-0.2, -0.15) is 0 Å². The van der Waals surface area contributed by atoms with E-state index in [0.29, 0.717) is 19.4 Å². The molecule has 1 aliphatic rings. The molecule has 1 heterocycles. The first-order valence-electron chi connectivity index (χ1n) is 6.64. The second-order valence-corrected chi connectivity index (χ2v) is 6.24. The van der Waals surface area contributed by atoms with Crippen LogP contribution in [0.2, 0.25) is 0 Å². The van der Waals surface area contributed by atoms with Crippen molar-refractivity contribution in [2.45, 2.75) is 39.2 Å². The Morgan fingerprint density at radius 1 is 1.60 bits per heavy atom. The number of aryl methyl sites for hydroxylation is 1. The number of nitrogens with two attached hydrogens (primary N) is 1. The number of hydrogen-bond acceptors (Lipinski definition) is 5. The monoisotopic (exact) mass is 296 g/mol. The number of thiazole rings is 1. The van der Waals surface area contributed by atoms with Gasteiger partial charge in [0.25, 0.3) is 0 Å². The van der Waals surface area contributed by atoms with Crippen molar-refractivity contribution in [2.24, 2.45) is 16.3 Å². The minimum atomic E-state index is -0.831. The maximum absolute atomic E-state index is 12.7. The number of nitrogens with zero attached hydrogens (tertiary/aromatic N) is 3. The minimum absolute atomic E-state index is 0.0351. The van der Waals surface area contributed by atoms with Gasteiger partial charge in [-0.25, -0.2) is 4.98 Å². The standard InChI is InChI=1S/C13H20N4O2S/c1-9-10(20-8-15-9)7-17(2)12(18)13(11(14)16-19)5-3-4-6-13/h8,19H,3-7H2,1-2H3,(H2,14,16). The largest absolute Gasteiger partial charge is 0.409 e. The zero-order chi connectivity index (χ0) is 14.8. The van der Waals surface area contributed by atoms with E-state index in [1.165, 1.54) is 11.3 Å². The summed E-state index contributed by atoms with van der Waals surface area (Å²) >= 11 is 1.54. The molecule has 20 heavy (non-hydrogen) atoms. The van der Waals surface area contributed by atoms with E-state index >= 15 is 0 Å². The van der Waals surface area contributed by atoms with Gasteiger partial charge in [0.15, 0.2) is 5.84 Å². The first-order valence-corrected chi connectivity index (χ1v) is 7.52. The molecular formula is C13H20N4O2S. The molecule has 3 N–H and O–H groups in total. The normalized spacial score (nSPS) is 18.2. The summed E-state index contributed by atoms with van der Waals surface area (Å²) in [7, 11) is 1.76. The molecule has 1 aliphatic carbocycles. The highest BCUT2D eigenvalue weighted by Crippen LogP contribution is 2.40. The number of amidine groups is 1. The Labute approximate surface area is 122 Å². The van der Waals surface area contributed by atoms with Crippen molar-refractivity contribution in [2.75, 3.05) is 7.05 Å². The summed E-state index contributed by atoms with van der Waals surface area (Å²) in [5.74, 6) is -0.0361. The molecule has 0 radical (unpaired) electrons. The summed E-state index contributed by atoms with van der Waals surface area (Å²) in [5.41, 5.74) is 7.69. The highest BCUT2D eigenvalue weighted by Gasteiger charge is 2.46.